The van der Waals surface area contributed by atoms with E-state index in [1.807, 2.05) is 30.3 Å². The van der Waals surface area contributed by atoms with Crippen molar-refractivity contribution in [1.82, 2.24) is 10.2 Å². The van der Waals surface area contributed by atoms with Crippen molar-refractivity contribution < 1.29 is 4.39 Å². The zero-order valence-electron chi connectivity index (χ0n) is 9.98. The molecule has 0 bridgehead atoms. The average molecular weight is 254 g/mol. The lowest BCUT2D eigenvalue weighted by Gasteiger charge is -2.03. The second kappa shape index (κ2) is 4.57. The third-order valence-electron chi connectivity index (χ3n) is 2.95. The molecule has 2 aromatic carbocycles. The largest absolute Gasteiger partial charge is 0.297 e. The Morgan fingerprint density at radius 3 is 2.32 bits per heavy atom. The molecule has 3 rings (SSSR count). The molecule has 1 aromatic heterocycles. The Kier molecular flexibility index (Phi) is 2.76. The van der Waals surface area contributed by atoms with Crippen molar-refractivity contribution in [1.29, 1.82) is 0 Å². The monoisotopic (exact) mass is 254 g/mol. The molecule has 4 heteroatoms. The fourth-order valence-corrected chi connectivity index (χ4v) is 2.10. The van der Waals surface area contributed by atoms with Crippen LogP contribution in [0.15, 0.2) is 59.4 Å². The number of halogens is 1. The van der Waals surface area contributed by atoms with Gasteiger partial charge in [0.25, 0.3) is 5.56 Å². The number of aromatic amines is 2. The Balaban J connectivity index is 2.22. The van der Waals surface area contributed by atoms with Gasteiger partial charge in [0.1, 0.15) is 5.82 Å². The molecule has 94 valence electrons. The number of nitrogens with one attached hydrogen (secondary N) is 2. The summed E-state index contributed by atoms with van der Waals surface area (Å²) >= 11 is 0. The first-order valence-corrected chi connectivity index (χ1v) is 5.88. The van der Waals surface area contributed by atoms with Crippen LogP contribution < -0.4 is 5.56 Å². The lowest BCUT2D eigenvalue weighted by atomic mass is 10.0. The minimum atomic E-state index is -0.335. The maximum atomic E-state index is 13.3. The summed E-state index contributed by atoms with van der Waals surface area (Å²) in [4.78, 5) is 11.9. The van der Waals surface area contributed by atoms with Crippen LogP contribution in [0.3, 0.4) is 0 Å². The molecule has 3 nitrogen and oxygen atoms in total. The van der Waals surface area contributed by atoms with Gasteiger partial charge in [-0.2, -0.15) is 0 Å². The van der Waals surface area contributed by atoms with Gasteiger partial charge in [-0.15, -0.1) is 0 Å². The minimum Gasteiger partial charge on any atom is -0.297 e. The van der Waals surface area contributed by atoms with Gasteiger partial charge in [0.05, 0.1) is 11.3 Å². The van der Waals surface area contributed by atoms with Crippen LogP contribution in [0.4, 0.5) is 4.39 Å². The van der Waals surface area contributed by atoms with Crippen molar-refractivity contribution in [2.45, 2.75) is 0 Å². The molecule has 0 aliphatic heterocycles. The molecule has 3 aromatic rings. The molecule has 0 aliphatic rings. The maximum Gasteiger partial charge on any atom is 0.272 e. The van der Waals surface area contributed by atoms with E-state index in [0.29, 0.717) is 16.8 Å². The second-order valence-electron chi connectivity index (χ2n) is 4.21. The van der Waals surface area contributed by atoms with Crippen LogP contribution >= 0.6 is 0 Å². The molecule has 0 spiro atoms. The molecule has 0 radical (unpaired) electrons. The summed E-state index contributed by atoms with van der Waals surface area (Å²) in [6.45, 7) is 0. The maximum absolute atomic E-state index is 13.3. The van der Waals surface area contributed by atoms with Crippen molar-refractivity contribution in [3.05, 3.63) is 70.8 Å². The van der Waals surface area contributed by atoms with Gasteiger partial charge in [-0.1, -0.05) is 42.5 Å². The molecule has 0 saturated carbocycles. The molecular formula is C15H11FN2O. The summed E-state index contributed by atoms with van der Waals surface area (Å²) in [5.41, 5.74) is 2.33. The third-order valence-corrected chi connectivity index (χ3v) is 2.95. The van der Waals surface area contributed by atoms with Crippen LogP contribution in [0.2, 0.25) is 0 Å². The Hall–Kier alpha value is -2.62. The van der Waals surface area contributed by atoms with Crippen molar-refractivity contribution in [2.24, 2.45) is 0 Å². The standard InChI is InChI=1S/C15H11FN2O/c16-12-8-4-7-11(9-12)14-13(15(19)18-17-14)10-5-2-1-3-6-10/h1-9H,(H2,17,18,19). The third kappa shape index (κ3) is 2.08. The van der Waals surface area contributed by atoms with Gasteiger partial charge < -0.3 is 0 Å². The Bertz CT molecular complexity index is 759. The van der Waals surface area contributed by atoms with Gasteiger partial charge in [0, 0.05) is 5.56 Å². The number of hydrogen-bond donors (Lipinski definition) is 2. The van der Waals surface area contributed by atoms with Crippen molar-refractivity contribution in [2.75, 3.05) is 0 Å². The van der Waals surface area contributed by atoms with Crippen LogP contribution in [0.1, 0.15) is 0 Å². The zero-order valence-corrected chi connectivity index (χ0v) is 9.98. The molecule has 0 fully saturated rings. The Labute approximate surface area is 108 Å². The average Bonchev–Trinajstić information content (AvgIpc) is 2.82. The number of aromatic nitrogens is 2. The number of rotatable bonds is 2. The van der Waals surface area contributed by atoms with Gasteiger partial charge in [-0.25, -0.2) is 4.39 Å². The molecule has 1 heterocycles. The first-order chi connectivity index (χ1) is 9.25. The minimum absolute atomic E-state index is 0.217. The molecular weight excluding hydrogens is 243 g/mol. The zero-order chi connectivity index (χ0) is 13.2. The van der Waals surface area contributed by atoms with E-state index in [1.54, 1.807) is 12.1 Å². The lowest BCUT2D eigenvalue weighted by molar-refractivity contribution is 0.628. The summed E-state index contributed by atoms with van der Waals surface area (Å²) < 4.78 is 13.3. The van der Waals surface area contributed by atoms with Crippen LogP contribution in [-0.2, 0) is 0 Å². The first-order valence-electron chi connectivity index (χ1n) is 5.88. The number of H-pyrrole nitrogens is 2. The number of hydrogen-bond acceptors (Lipinski definition) is 1. The molecule has 0 atom stereocenters. The normalized spacial score (nSPS) is 10.6. The highest BCUT2D eigenvalue weighted by Crippen LogP contribution is 2.27. The highest BCUT2D eigenvalue weighted by atomic mass is 19.1. The van der Waals surface area contributed by atoms with Crippen molar-refractivity contribution in [3.63, 3.8) is 0 Å². The molecule has 19 heavy (non-hydrogen) atoms. The van der Waals surface area contributed by atoms with Crippen LogP contribution in [-0.4, -0.2) is 10.2 Å². The van der Waals surface area contributed by atoms with Crippen molar-refractivity contribution in [3.8, 4) is 22.4 Å². The highest BCUT2D eigenvalue weighted by Gasteiger charge is 2.13. The Morgan fingerprint density at radius 2 is 1.58 bits per heavy atom. The highest BCUT2D eigenvalue weighted by molar-refractivity contribution is 5.80. The van der Waals surface area contributed by atoms with Gasteiger partial charge in [0.15, 0.2) is 0 Å². The van der Waals surface area contributed by atoms with E-state index >= 15 is 0 Å². The van der Waals surface area contributed by atoms with Gasteiger partial charge in [0.2, 0.25) is 0 Å². The smallest absolute Gasteiger partial charge is 0.272 e. The summed E-state index contributed by atoms with van der Waals surface area (Å²) in [7, 11) is 0. The summed E-state index contributed by atoms with van der Waals surface area (Å²) in [5, 5.41) is 5.36. The molecule has 0 saturated heterocycles. The molecule has 2 N–H and O–H groups in total. The quantitative estimate of drug-likeness (QED) is 0.725. The Morgan fingerprint density at radius 1 is 0.842 bits per heavy atom. The predicted molar refractivity (Wildman–Crippen MR) is 72.2 cm³/mol. The van der Waals surface area contributed by atoms with Crippen LogP contribution in [0.5, 0.6) is 0 Å². The second-order valence-corrected chi connectivity index (χ2v) is 4.21. The summed E-state index contributed by atoms with van der Waals surface area (Å²) in [6, 6.07) is 15.4. The van der Waals surface area contributed by atoms with E-state index < -0.39 is 0 Å². The van der Waals surface area contributed by atoms with Gasteiger partial charge in [-0.05, 0) is 17.7 Å². The fraction of sp³-hybridized carbons (Fsp3) is 0. The fourth-order valence-electron chi connectivity index (χ4n) is 2.10. The van der Waals surface area contributed by atoms with Crippen LogP contribution in [0, 0.1) is 5.82 Å². The van der Waals surface area contributed by atoms with E-state index in [1.165, 1.54) is 12.1 Å². The topological polar surface area (TPSA) is 48.6 Å². The van der Waals surface area contributed by atoms with Crippen molar-refractivity contribution >= 4 is 0 Å². The molecule has 0 amide bonds. The van der Waals surface area contributed by atoms with Crippen LogP contribution in [0.25, 0.3) is 22.4 Å². The van der Waals surface area contributed by atoms with E-state index in [2.05, 4.69) is 10.2 Å². The predicted octanol–water partition coefficient (Wildman–Crippen LogP) is 3.18. The van der Waals surface area contributed by atoms with Gasteiger partial charge in [-0.3, -0.25) is 15.0 Å². The molecule has 0 unspecified atom stereocenters. The SMILES string of the molecule is O=c1[nH][nH]c(-c2cccc(F)c2)c1-c1ccccc1. The summed E-state index contributed by atoms with van der Waals surface area (Å²) in [6.07, 6.45) is 0. The van der Waals surface area contributed by atoms with E-state index in [0.717, 1.165) is 5.56 Å². The number of benzene rings is 2. The lowest BCUT2D eigenvalue weighted by Crippen LogP contribution is -2.01. The van der Waals surface area contributed by atoms with E-state index in [9.17, 15) is 9.18 Å². The summed E-state index contributed by atoms with van der Waals surface area (Å²) in [5.74, 6) is -0.335. The van der Waals surface area contributed by atoms with Gasteiger partial charge >= 0.3 is 0 Å². The first kappa shape index (κ1) is 11.5. The molecule has 0 aliphatic carbocycles. The van der Waals surface area contributed by atoms with E-state index in [4.69, 9.17) is 0 Å². The van der Waals surface area contributed by atoms with E-state index in [-0.39, 0.29) is 11.4 Å².